The predicted octanol–water partition coefficient (Wildman–Crippen LogP) is 2.65. The number of halogens is 1. The van der Waals surface area contributed by atoms with Crippen LogP contribution in [0.5, 0.6) is 0 Å². The molecule has 2 unspecified atom stereocenters. The molecule has 4 nitrogen and oxygen atoms in total. The number of carbonyl (C=O) groups is 1. The van der Waals surface area contributed by atoms with E-state index in [1.165, 1.54) is 32.1 Å². The minimum atomic E-state index is -0.512. The summed E-state index contributed by atoms with van der Waals surface area (Å²) in [5, 5.41) is 3.39. The number of nitrogens with zero attached hydrogens (tertiary/aromatic N) is 1. The Bertz CT molecular complexity index is 545. The van der Waals surface area contributed by atoms with Crippen LogP contribution in [-0.4, -0.2) is 42.6 Å². The molecule has 1 N–H and O–H groups in total. The number of hydrogen-bond acceptors (Lipinski definition) is 4. The normalized spacial score (nSPS) is 25.9. The topological polar surface area (TPSA) is 41.6 Å². The van der Waals surface area contributed by atoms with Crippen molar-refractivity contribution in [1.82, 2.24) is 4.90 Å². The van der Waals surface area contributed by atoms with Crippen LogP contribution in [0.3, 0.4) is 0 Å². The van der Waals surface area contributed by atoms with Crippen molar-refractivity contribution < 1.29 is 13.9 Å². The molecule has 2 fully saturated rings. The maximum atomic E-state index is 13.4. The number of carbonyl (C=O) groups excluding carboxylic acids is 1. The molecule has 0 amide bonds. The van der Waals surface area contributed by atoms with Gasteiger partial charge in [-0.05, 0) is 44.4 Å². The minimum Gasteiger partial charge on any atom is -0.465 e. The standard InChI is InChI=1S/C16H21FN2O2/c1-10-7-12(9-19(10)13-4-5-13)18-15-6-3-11(17)8-14(15)16(20)21-2/h3,6,8,10,12-13,18H,4-5,7,9H2,1-2H3. The third-order valence-electron chi connectivity index (χ3n) is 4.39. The summed E-state index contributed by atoms with van der Waals surface area (Å²) in [6.07, 6.45) is 3.62. The molecule has 21 heavy (non-hydrogen) atoms. The van der Waals surface area contributed by atoms with E-state index in [-0.39, 0.29) is 11.6 Å². The summed E-state index contributed by atoms with van der Waals surface area (Å²) in [5.41, 5.74) is 0.910. The molecule has 1 aliphatic carbocycles. The van der Waals surface area contributed by atoms with E-state index in [0.717, 1.165) is 19.0 Å². The van der Waals surface area contributed by atoms with Gasteiger partial charge < -0.3 is 10.1 Å². The molecule has 5 heteroatoms. The number of rotatable bonds is 4. The third-order valence-corrected chi connectivity index (χ3v) is 4.39. The van der Waals surface area contributed by atoms with E-state index in [1.807, 2.05) is 0 Å². The zero-order valence-electron chi connectivity index (χ0n) is 12.4. The smallest absolute Gasteiger partial charge is 0.340 e. The molecular formula is C16H21FN2O2. The molecular weight excluding hydrogens is 271 g/mol. The van der Waals surface area contributed by atoms with Gasteiger partial charge in [0.15, 0.2) is 0 Å². The van der Waals surface area contributed by atoms with Crippen molar-refractivity contribution in [1.29, 1.82) is 0 Å². The molecule has 1 heterocycles. The Morgan fingerprint density at radius 3 is 2.86 bits per heavy atom. The first kappa shape index (κ1) is 14.3. The van der Waals surface area contributed by atoms with E-state index < -0.39 is 11.8 Å². The largest absolute Gasteiger partial charge is 0.465 e. The monoisotopic (exact) mass is 292 g/mol. The number of hydrogen-bond donors (Lipinski definition) is 1. The molecule has 0 bridgehead atoms. The van der Waals surface area contributed by atoms with Gasteiger partial charge in [-0.1, -0.05) is 0 Å². The lowest BCUT2D eigenvalue weighted by molar-refractivity contribution is 0.0601. The average molecular weight is 292 g/mol. The molecule has 2 atom stereocenters. The lowest BCUT2D eigenvalue weighted by Crippen LogP contribution is -2.31. The number of anilines is 1. The summed E-state index contributed by atoms with van der Waals surface area (Å²) in [4.78, 5) is 14.3. The Morgan fingerprint density at radius 2 is 2.19 bits per heavy atom. The van der Waals surface area contributed by atoms with Crippen molar-refractivity contribution in [3.8, 4) is 0 Å². The Labute approximate surface area is 124 Å². The van der Waals surface area contributed by atoms with Crippen molar-refractivity contribution in [3.63, 3.8) is 0 Å². The summed E-state index contributed by atoms with van der Waals surface area (Å²) in [6, 6.07) is 5.79. The average Bonchev–Trinajstić information content (AvgIpc) is 3.24. The van der Waals surface area contributed by atoms with Gasteiger partial charge in [0, 0.05) is 30.4 Å². The first-order valence-electron chi connectivity index (χ1n) is 7.48. The molecule has 1 saturated carbocycles. The fourth-order valence-corrected chi connectivity index (χ4v) is 3.22. The van der Waals surface area contributed by atoms with Crippen molar-refractivity contribution in [2.75, 3.05) is 19.0 Å². The molecule has 3 rings (SSSR count). The van der Waals surface area contributed by atoms with E-state index in [0.29, 0.717) is 11.7 Å². The van der Waals surface area contributed by atoms with Crippen molar-refractivity contribution in [3.05, 3.63) is 29.6 Å². The fourth-order valence-electron chi connectivity index (χ4n) is 3.22. The Balaban J connectivity index is 1.74. The number of nitrogens with one attached hydrogen (secondary N) is 1. The van der Waals surface area contributed by atoms with E-state index >= 15 is 0 Å². The van der Waals surface area contributed by atoms with Crippen LogP contribution >= 0.6 is 0 Å². The highest BCUT2D eigenvalue weighted by Gasteiger charge is 2.38. The summed E-state index contributed by atoms with van der Waals surface area (Å²) < 4.78 is 18.1. The van der Waals surface area contributed by atoms with Gasteiger partial charge in [0.05, 0.1) is 12.7 Å². The van der Waals surface area contributed by atoms with Crippen LogP contribution in [0.1, 0.15) is 36.5 Å². The Hall–Kier alpha value is -1.62. The Morgan fingerprint density at radius 1 is 1.43 bits per heavy atom. The van der Waals surface area contributed by atoms with Crippen LogP contribution in [0.15, 0.2) is 18.2 Å². The summed E-state index contributed by atoms with van der Waals surface area (Å²) >= 11 is 0. The quantitative estimate of drug-likeness (QED) is 0.866. The zero-order valence-corrected chi connectivity index (χ0v) is 12.4. The SMILES string of the molecule is COC(=O)c1cc(F)ccc1NC1CC(C)N(C2CC2)C1. The highest BCUT2D eigenvalue weighted by atomic mass is 19.1. The number of likely N-dealkylation sites (tertiary alicyclic amines) is 1. The molecule has 1 aromatic carbocycles. The van der Waals surface area contributed by atoms with Gasteiger partial charge in [0.1, 0.15) is 5.82 Å². The summed E-state index contributed by atoms with van der Waals surface area (Å²) in [6.45, 7) is 3.22. The summed E-state index contributed by atoms with van der Waals surface area (Å²) in [5.74, 6) is -0.942. The third kappa shape index (κ3) is 3.02. The van der Waals surface area contributed by atoms with E-state index in [1.54, 1.807) is 6.07 Å². The number of benzene rings is 1. The van der Waals surface area contributed by atoms with Gasteiger partial charge >= 0.3 is 5.97 Å². The van der Waals surface area contributed by atoms with Gasteiger partial charge in [-0.2, -0.15) is 0 Å². The van der Waals surface area contributed by atoms with Crippen molar-refractivity contribution in [2.24, 2.45) is 0 Å². The second-order valence-electron chi connectivity index (χ2n) is 6.04. The van der Waals surface area contributed by atoms with Crippen molar-refractivity contribution in [2.45, 2.75) is 44.3 Å². The maximum absolute atomic E-state index is 13.4. The minimum absolute atomic E-state index is 0.259. The van der Waals surface area contributed by atoms with Crippen LogP contribution in [0, 0.1) is 5.82 Å². The van der Waals surface area contributed by atoms with Crippen LogP contribution in [0.2, 0.25) is 0 Å². The van der Waals surface area contributed by atoms with Gasteiger partial charge in [-0.15, -0.1) is 0 Å². The highest BCUT2D eigenvalue weighted by Crippen LogP contribution is 2.34. The number of methoxy groups -OCH3 is 1. The molecule has 1 aromatic rings. The van der Waals surface area contributed by atoms with Gasteiger partial charge in [0.25, 0.3) is 0 Å². The van der Waals surface area contributed by atoms with E-state index in [4.69, 9.17) is 4.74 Å². The van der Waals surface area contributed by atoms with E-state index in [2.05, 4.69) is 17.1 Å². The van der Waals surface area contributed by atoms with Crippen LogP contribution in [0.25, 0.3) is 0 Å². The molecule has 0 spiro atoms. The van der Waals surface area contributed by atoms with Gasteiger partial charge in [-0.25, -0.2) is 9.18 Å². The van der Waals surface area contributed by atoms with Crippen LogP contribution in [0.4, 0.5) is 10.1 Å². The lowest BCUT2D eigenvalue weighted by Gasteiger charge is -2.20. The highest BCUT2D eigenvalue weighted by molar-refractivity contribution is 5.95. The van der Waals surface area contributed by atoms with Crippen LogP contribution < -0.4 is 5.32 Å². The summed E-state index contributed by atoms with van der Waals surface area (Å²) in [7, 11) is 1.31. The zero-order chi connectivity index (χ0) is 15.0. The van der Waals surface area contributed by atoms with Gasteiger partial charge in [-0.3, -0.25) is 4.90 Å². The fraction of sp³-hybridized carbons (Fsp3) is 0.562. The molecule has 1 saturated heterocycles. The first-order valence-corrected chi connectivity index (χ1v) is 7.48. The van der Waals surface area contributed by atoms with Gasteiger partial charge in [0.2, 0.25) is 0 Å². The molecule has 1 aliphatic heterocycles. The Kier molecular flexibility index (Phi) is 3.85. The second kappa shape index (κ2) is 5.64. The predicted molar refractivity (Wildman–Crippen MR) is 79.0 cm³/mol. The van der Waals surface area contributed by atoms with Crippen LogP contribution in [-0.2, 0) is 4.74 Å². The first-order chi connectivity index (χ1) is 10.1. The number of esters is 1. The number of ether oxygens (including phenoxy) is 1. The molecule has 2 aliphatic rings. The molecule has 114 valence electrons. The maximum Gasteiger partial charge on any atom is 0.340 e. The van der Waals surface area contributed by atoms with E-state index in [9.17, 15) is 9.18 Å². The lowest BCUT2D eigenvalue weighted by atomic mass is 10.1. The van der Waals surface area contributed by atoms with Crippen molar-refractivity contribution >= 4 is 11.7 Å². The molecule has 0 aromatic heterocycles. The second-order valence-corrected chi connectivity index (χ2v) is 6.04. The molecule has 0 radical (unpaired) electrons.